The zero-order valence-electron chi connectivity index (χ0n) is 15.5. The van der Waals surface area contributed by atoms with E-state index in [2.05, 4.69) is 67.5 Å². The number of hydrogen-bond acceptors (Lipinski definition) is 0. The van der Waals surface area contributed by atoms with Crippen LogP contribution in [0.3, 0.4) is 0 Å². The van der Waals surface area contributed by atoms with Crippen LogP contribution in [-0.2, 0) is 0 Å². The van der Waals surface area contributed by atoms with Gasteiger partial charge in [0.1, 0.15) is 0 Å². The third kappa shape index (κ3) is 4.96. The Bertz CT molecular complexity index is 332. The summed E-state index contributed by atoms with van der Waals surface area (Å²) in [7, 11) is 0. The Hall–Kier alpha value is 0.856. The predicted molar refractivity (Wildman–Crippen MR) is 83.9 cm³/mol. The van der Waals surface area contributed by atoms with Crippen LogP contribution >= 0.6 is 0 Å². The summed E-state index contributed by atoms with van der Waals surface area (Å²) in [4.78, 5) is 0. The van der Waals surface area contributed by atoms with Gasteiger partial charge in [0.2, 0.25) is 0 Å². The van der Waals surface area contributed by atoms with Crippen LogP contribution in [0.4, 0.5) is 0 Å². The zero-order valence-corrected chi connectivity index (χ0v) is 17.6. The van der Waals surface area contributed by atoms with Crippen LogP contribution in [0.15, 0.2) is 12.1 Å². The minimum atomic E-state index is 0. The molecule has 0 radical (unpaired) electrons. The van der Waals surface area contributed by atoms with Gasteiger partial charge in [-0.2, -0.15) is 0 Å². The molecule has 0 aliphatic heterocycles. The molecule has 0 amide bonds. The fourth-order valence-electron chi connectivity index (χ4n) is 2.67. The average Bonchev–Trinajstić information content (AvgIpc) is 2.26. The van der Waals surface area contributed by atoms with E-state index in [1.165, 1.54) is 22.3 Å². The molecule has 0 unspecified atom stereocenters. The van der Waals surface area contributed by atoms with E-state index in [1.54, 1.807) is 0 Å². The molecule has 0 spiro atoms. The van der Waals surface area contributed by atoms with E-state index >= 15 is 0 Å². The van der Waals surface area contributed by atoms with E-state index in [1.807, 2.05) is 0 Å². The normalized spacial score (nSPS) is 11.6. The number of rotatable bonds is 4. The second-order valence-electron chi connectivity index (χ2n) is 6.73. The van der Waals surface area contributed by atoms with Crippen LogP contribution in [0.1, 0.15) is 103 Å². The van der Waals surface area contributed by atoms with E-state index in [-0.39, 0.29) is 52.8 Å². The SMILES string of the molecule is CC(C)c1cc(C(C)C)c(C(C)C)cc1C(C)C.[H-].[K+]. The fraction of sp³-hybridized carbons (Fsp3) is 0.667. The van der Waals surface area contributed by atoms with Crippen LogP contribution in [0.2, 0.25) is 0 Å². The Morgan fingerprint density at radius 3 is 0.789 bits per heavy atom. The Morgan fingerprint density at radius 1 is 0.526 bits per heavy atom. The van der Waals surface area contributed by atoms with Crippen molar-refractivity contribution >= 4 is 0 Å². The third-order valence-electron chi connectivity index (χ3n) is 3.78. The summed E-state index contributed by atoms with van der Waals surface area (Å²) in [5.74, 6) is 2.45. The van der Waals surface area contributed by atoms with Crippen molar-refractivity contribution in [2.24, 2.45) is 0 Å². The van der Waals surface area contributed by atoms with Crippen LogP contribution in [-0.4, -0.2) is 0 Å². The van der Waals surface area contributed by atoms with Crippen molar-refractivity contribution in [3.63, 3.8) is 0 Å². The van der Waals surface area contributed by atoms with Crippen molar-refractivity contribution in [2.75, 3.05) is 0 Å². The van der Waals surface area contributed by atoms with Gasteiger partial charge in [-0.1, -0.05) is 67.5 Å². The standard InChI is InChI=1S/C18H30.K.H/c1-11(2)15-9-17(13(5)6)18(14(7)8)10-16(15)12(3)4;;/h9-14H,1-8H3;;/q;+1;-1. The molecule has 0 fully saturated rings. The van der Waals surface area contributed by atoms with Gasteiger partial charge in [0, 0.05) is 0 Å². The van der Waals surface area contributed by atoms with Gasteiger partial charge in [0.05, 0.1) is 0 Å². The molecule has 1 heteroatoms. The maximum absolute atomic E-state index is 2.47. The molecule has 1 aromatic carbocycles. The van der Waals surface area contributed by atoms with Gasteiger partial charge in [-0.05, 0) is 45.9 Å². The molecule has 19 heavy (non-hydrogen) atoms. The molecule has 1 rings (SSSR count). The molecule has 0 bridgehead atoms. The maximum Gasteiger partial charge on any atom is 1.00 e. The summed E-state index contributed by atoms with van der Waals surface area (Å²) in [6.45, 7) is 18.4. The minimum Gasteiger partial charge on any atom is -1.00 e. The Kier molecular flexibility index (Phi) is 8.71. The first-order valence-corrected chi connectivity index (χ1v) is 7.43. The monoisotopic (exact) mass is 286 g/mol. The van der Waals surface area contributed by atoms with Gasteiger partial charge in [-0.3, -0.25) is 0 Å². The summed E-state index contributed by atoms with van der Waals surface area (Å²) < 4.78 is 0. The average molecular weight is 287 g/mol. The largest absolute Gasteiger partial charge is 1.00 e. The molecule has 104 valence electrons. The van der Waals surface area contributed by atoms with Gasteiger partial charge in [-0.25, -0.2) is 0 Å². The topological polar surface area (TPSA) is 0 Å². The smallest absolute Gasteiger partial charge is 1.00 e. The Labute approximate surface area is 164 Å². The van der Waals surface area contributed by atoms with E-state index in [9.17, 15) is 0 Å². The van der Waals surface area contributed by atoms with Gasteiger partial charge >= 0.3 is 51.4 Å². The van der Waals surface area contributed by atoms with Gasteiger partial charge in [-0.15, -0.1) is 0 Å². The summed E-state index contributed by atoms with van der Waals surface area (Å²) in [5.41, 5.74) is 6.16. The molecule has 0 atom stereocenters. The second-order valence-corrected chi connectivity index (χ2v) is 6.73. The van der Waals surface area contributed by atoms with E-state index in [0.717, 1.165) is 0 Å². The minimum absolute atomic E-state index is 0. The summed E-state index contributed by atoms with van der Waals surface area (Å²) in [6, 6.07) is 4.94. The van der Waals surface area contributed by atoms with Crippen molar-refractivity contribution in [3.8, 4) is 0 Å². The van der Waals surface area contributed by atoms with Gasteiger partial charge < -0.3 is 1.43 Å². The molecule has 0 aliphatic carbocycles. The molecule has 0 aliphatic rings. The summed E-state index contributed by atoms with van der Waals surface area (Å²) in [5, 5.41) is 0. The quantitative estimate of drug-likeness (QED) is 0.745. The summed E-state index contributed by atoms with van der Waals surface area (Å²) in [6.07, 6.45) is 0. The molecule has 0 heterocycles. The molecule has 1 aromatic rings. The van der Waals surface area contributed by atoms with E-state index < -0.39 is 0 Å². The van der Waals surface area contributed by atoms with Crippen molar-refractivity contribution in [3.05, 3.63) is 34.4 Å². The first-order chi connectivity index (χ1) is 8.25. The van der Waals surface area contributed by atoms with Gasteiger partial charge in [0.15, 0.2) is 0 Å². The van der Waals surface area contributed by atoms with Crippen LogP contribution in [0.5, 0.6) is 0 Å². The number of hydrogen-bond donors (Lipinski definition) is 0. The van der Waals surface area contributed by atoms with Crippen molar-refractivity contribution in [2.45, 2.75) is 79.1 Å². The fourth-order valence-corrected chi connectivity index (χ4v) is 2.67. The maximum atomic E-state index is 2.47. The van der Waals surface area contributed by atoms with Crippen molar-refractivity contribution < 1.29 is 52.8 Å². The van der Waals surface area contributed by atoms with Crippen LogP contribution in [0.25, 0.3) is 0 Å². The Balaban J connectivity index is 0. The van der Waals surface area contributed by atoms with Crippen LogP contribution in [0, 0.1) is 0 Å². The zero-order chi connectivity index (χ0) is 14.0. The summed E-state index contributed by atoms with van der Waals surface area (Å²) >= 11 is 0. The molecule has 0 aromatic heterocycles. The second kappa shape index (κ2) is 8.34. The first kappa shape index (κ1) is 19.9. The van der Waals surface area contributed by atoms with Crippen LogP contribution < -0.4 is 51.4 Å². The van der Waals surface area contributed by atoms with Crippen molar-refractivity contribution in [1.82, 2.24) is 0 Å². The molecule has 0 nitrogen and oxygen atoms in total. The predicted octanol–water partition coefficient (Wildman–Crippen LogP) is 3.30. The molecule has 0 N–H and O–H groups in total. The molecular formula is C18H31K. The van der Waals surface area contributed by atoms with Crippen molar-refractivity contribution in [1.29, 1.82) is 0 Å². The Morgan fingerprint density at radius 2 is 0.684 bits per heavy atom. The third-order valence-corrected chi connectivity index (χ3v) is 3.78. The van der Waals surface area contributed by atoms with E-state index in [4.69, 9.17) is 0 Å². The molecular weight excluding hydrogens is 255 g/mol. The number of benzene rings is 1. The van der Waals surface area contributed by atoms with Gasteiger partial charge in [0.25, 0.3) is 0 Å². The van der Waals surface area contributed by atoms with E-state index in [0.29, 0.717) is 23.7 Å². The molecule has 0 saturated heterocycles. The first-order valence-electron chi connectivity index (χ1n) is 7.43. The molecule has 0 saturated carbocycles.